The average Bonchev–Trinajstić information content (AvgIpc) is 3.73. The molecule has 0 unspecified atom stereocenters. The van der Waals surface area contributed by atoms with E-state index < -0.39 is 22.0 Å². The number of nitro groups is 2. The Kier molecular flexibility index (Phi) is 12.6. The SMILES string of the molecule is C1CCNC1.CN(C[C@H]1CCNC1)C(=NC(=O)OCc1ccc([N+](=O)[O-])cc1)NC(=O)OCc1ccc([N+](=O)[O-])cc1. The molecule has 2 aliphatic rings. The van der Waals surface area contributed by atoms with Crippen molar-refractivity contribution in [1.29, 1.82) is 0 Å². The van der Waals surface area contributed by atoms with E-state index in [-0.39, 0.29) is 36.5 Å². The van der Waals surface area contributed by atoms with E-state index >= 15 is 0 Å². The number of ether oxygens (including phenoxy) is 2. The Morgan fingerprint density at radius 3 is 1.90 bits per heavy atom. The monoisotopic (exact) mass is 585 g/mol. The molecule has 3 N–H and O–H groups in total. The van der Waals surface area contributed by atoms with Gasteiger partial charge >= 0.3 is 12.2 Å². The first-order chi connectivity index (χ1) is 20.2. The minimum atomic E-state index is -0.972. The van der Waals surface area contributed by atoms with Crippen molar-refractivity contribution in [3.8, 4) is 0 Å². The van der Waals surface area contributed by atoms with Gasteiger partial charge in [0, 0.05) is 37.9 Å². The van der Waals surface area contributed by atoms with Gasteiger partial charge in [-0.1, -0.05) is 0 Å². The number of aliphatic imine (C=N–C) groups is 1. The lowest BCUT2D eigenvalue weighted by atomic mass is 10.1. The summed E-state index contributed by atoms with van der Waals surface area (Å²) >= 11 is 0. The van der Waals surface area contributed by atoms with Crippen molar-refractivity contribution in [1.82, 2.24) is 20.9 Å². The summed E-state index contributed by atoms with van der Waals surface area (Å²) in [4.78, 5) is 50.8. The molecule has 2 aliphatic heterocycles. The summed E-state index contributed by atoms with van der Waals surface area (Å²) in [5, 5.41) is 30.4. The van der Waals surface area contributed by atoms with E-state index in [0.717, 1.165) is 19.5 Å². The van der Waals surface area contributed by atoms with Gasteiger partial charge < -0.3 is 25.0 Å². The lowest BCUT2D eigenvalue weighted by Gasteiger charge is -2.24. The third kappa shape index (κ3) is 11.1. The Morgan fingerprint density at radius 1 is 0.905 bits per heavy atom. The predicted octanol–water partition coefficient (Wildman–Crippen LogP) is 3.33. The number of guanidine groups is 1. The molecule has 0 aliphatic carbocycles. The van der Waals surface area contributed by atoms with E-state index in [0.29, 0.717) is 17.7 Å². The molecule has 2 aromatic carbocycles. The maximum Gasteiger partial charge on any atom is 0.437 e. The molecule has 2 fully saturated rings. The van der Waals surface area contributed by atoms with Crippen LogP contribution in [0.4, 0.5) is 21.0 Å². The van der Waals surface area contributed by atoms with E-state index in [1.54, 1.807) is 11.9 Å². The van der Waals surface area contributed by atoms with E-state index in [1.165, 1.54) is 74.5 Å². The maximum absolute atomic E-state index is 12.4. The molecule has 0 saturated carbocycles. The topological polar surface area (TPSA) is 191 Å². The van der Waals surface area contributed by atoms with Crippen LogP contribution in [-0.4, -0.2) is 72.7 Å². The van der Waals surface area contributed by atoms with E-state index in [1.807, 2.05) is 0 Å². The summed E-state index contributed by atoms with van der Waals surface area (Å²) in [6, 6.07) is 11.0. The quantitative estimate of drug-likeness (QED) is 0.178. The number of amides is 2. The van der Waals surface area contributed by atoms with Crippen LogP contribution in [0.25, 0.3) is 0 Å². The van der Waals surface area contributed by atoms with Gasteiger partial charge in [-0.15, -0.1) is 4.99 Å². The number of benzene rings is 2. The van der Waals surface area contributed by atoms with Crippen LogP contribution in [0.5, 0.6) is 0 Å². The van der Waals surface area contributed by atoms with Crippen molar-refractivity contribution < 1.29 is 28.9 Å². The molecule has 0 radical (unpaired) electrons. The molecular weight excluding hydrogens is 550 g/mol. The number of hydrogen-bond acceptors (Lipinski definition) is 10. The first kappa shape index (κ1) is 31.9. The molecule has 0 bridgehead atoms. The van der Waals surface area contributed by atoms with E-state index in [9.17, 15) is 29.8 Å². The Labute approximate surface area is 242 Å². The molecule has 0 spiro atoms. The van der Waals surface area contributed by atoms with Gasteiger partial charge in [-0.05, 0) is 86.8 Å². The molecule has 0 aromatic heterocycles. The van der Waals surface area contributed by atoms with Gasteiger partial charge in [0.15, 0.2) is 0 Å². The zero-order chi connectivity index (χ0) is 30.3. The number of rotatable bonds is 8. The van der Waals surface area contributed by atoms with Crippen LogP contribution >= 0.6 is 0 Å². The lowest BCUT2D eigenvalue weighted by Crippen LogP contribution is -2.45. The number of carbonyl (C=O) groups excluding carboxylic acids is 2. The van der Waals surface area contributed by atoms with E-state index in [2.05, 4.69) is 20.9 Å². The van der Waals surface area contributed by atoms with Gasteiger partial charge in [0.05, 0.1) is 9.85 Å². The number of non-ortho nitro benzene ring substituents is 2. The van der Waals surface area contributed by atoms with Crippen LogP contribution in [0.3, 0.4) is 0 Å². The fourth-order valence-electron chi connectivity index (χ4n) is 4.15. The van der Waals surface area contributed by atoms with Gasteiger partial charge in [-0.2, -0.15) is 0 Å². The number of nitro benzene ring substituents is 2. The predicted molar refractivity (Wildman–Crippen MR) is 153 cm³/mol. The second-order valence-corrected chi connectivity index (χ2v) is 9.73. The minimum absolute atomic E-state index is 0.0747. The molecule has 42 heavy (non-hydrogen) atoms. The molecule has 2 heterocycles. The number of alkyl carbamates (subject to hydrolysis) is 1. The fourth-order valence-corrected chi connectivity index (χ4v) is 4.15. The maximum atomic E-state index is 12.4. The van der Waals surface area contributed by atoms with Crippen LogP contribution in [0.15, 0.2) is 53.5 Å². The highest BCUT2D eigenvalue weighted by molar-refractivity contribution is 5.98. The van der Waals surface area contributed by atoms with Gasteiger partial charge in [-0.3, -0.25) is 25.5 Å². The summed E-state index contributed by atoms with van der Waals surface area (Å²) in [7, 11) is 1.66. The summed E-state index contributed by atoms with van der Waals surface area (Å²) in [6.45, 7) is 4.33. The van der Waals surface area contributed by atoms with Crippen molar-refractivity contribution in [3.63, 3.8) is 0 Å². The zero-order valence-electron chi connectivity index (χ0n) is 23.3. The number of nitrogens with one attached hydrogen (secondary N) is 3. The third-order valence-electron chi connectivity index (χ3n) is 6.45. The van der Waals surface area contributed by atoms with Crippen LogP contribution in [0.1, 0.15) is 30.4 Å². The highest BCUT2D eigenvalue weighted by Crippen LogP contribution is 2.14. The number of carbonyl (C=O) groups is 2. The van der Waals surface area contributed by atoms with Gasteiger partial charge in [0.2, 0.25) is 5.96 Å². The van der Waals surface area contributed by atoms with Crippen molar-refractivity contribution in [3.05, 3.63) is 79.9 Å². The van der Waals surface area contributed by atoms with Crippen LogP contribution in [-0.2, 0) is 22.7 Å². The normalized spacial score (nSPS) is 16.1. The standard InChI is InChI=1S/C23H26N6O8.C4H9N/c1-27(13-18-10-11-24-12-18)21(25-22(30)36-14-16-2-6-19(7-3-16)28(32)33)26-23(31)37-15-17-4-8-20(9-5-17)29(34)35;1-2-4-5-3-1/h2-9,18,24H,10-15H2,1H3,(H,25,26,30,31);5H,1-4H2/t18-;/m0./s1. The molecule has 15 heteroatoms. The van der Waals surface area contributed by atoms with Crippen molar-refractivity contribution in [2.45, 2.75) is 32.5 Å². The Hall–Kier alpha value is -4.63. The van der Waals surface area contributed by atoms with Crippen LogP contribution < -0.4 is 16.0 Å². The van der Waals surface area contributed by atoms with Gasteiger partial charge in [-0.25, -0.2) is 9.59 Å². The highest BCUT2D eigenvalue weighted by Gasteiger charge is 2.21. The van der Waals surface area contributed by atoms with Crippen molar-refractivity contribution in [2.75, 3.05) is 39.8 Å². The largest absolute Gasteiger partial charge is 0.444 e. The first-order valence-electron chi connectivity index (χ1n) is 13.5. The second-order valence-electron chi connectivity index (χ2n) is 9.73. The minimum Gasteiger partial charge on any atom is -0.444 e. The second kappa shape index (κ2) is 16.6. The molecule has 226 valence electrons. The third-order valence-corrected chi connectivity index (χ3v) is 6.45. The summed E-state index contributed by atoms with van der Waals surface area (Å²) in [6.07, 6.45) is 1.85. The number of hydrogen-bond donors (Lipinski definition) is 3. The zero-order valence-corrected chi connectivity index (χ0v) is 23.3. The number of nitrogens with zero attached hydrogens (tertiary/aromatic N) is 4. The van der Waals surface area contributed by atoms with Gasteiger partial charge in [0.25, 0.3) is 11.4 Å². The lowest BCUT2D eigenvalue weighted by molar-refractivity contribution is -0.385. The molecule has 15 nitrogen and oxygen atoms in total. The first-order valence-corrected chi connectivity index (χ1v) is 13.5. The van der Waals surface area contributed by atoms with E-state index in [4.69, 9.17) is 9.47 Å². The fraction of sp³-hybridized carbons (Fsp3) is 0.444. The molecule has 2 amide bonds. The Morgan fingerprint density at radius 2 is 1.45 bits per heavy atom. The molecular formula is C27H35N7O8. The van der Waals surface area contributed by atoms with Crippen molar-refractivity contribution >= 4 is 29.5 Å². The van der Waals surface area contributed by atoms with Crippen molar-refractivity contribution in [2.24, 2.45) is 10.9 Å². The summed E-state index contributed by atoms with van der Waals surface area (Å²) < 4.78 is 10.3. The average molecular weight is 586 g/mol. The van der Waals surface area contributed by atoms with Crippen LogP contribution in [0.2, 0.25) is 0 Å². The molecule has 1 atom stereocenters. The van der Waals surface area contributed by atoms with Gasteiger partial charge in [0.1, 0.15) is 13.2 Å². The molecule has 2 aromatic rings. The Balaban J connectivity index is 0.000000873. The van der Waals surface area contributed by atoms with Crippen LogP contribution in [0, 0.1) is 26.1 Å². The Bertz CT molecular complexity index is 1220. The summed E-state index contributed by atoms with van der Waals surface area (Å²) in [5.74, 6) is 0.207. The summed E-state index contributed by atoms with van der Waals surface area (Å²) in [5.41, 5.74) is 0.886. The molecule has 2 saturated heterocycles. The molecule has 4 rings (SSSR count). The smallest absolute Gasteiger partial charge is 0.437 e. The highest BCUT2D eigenvalue weighted by atomic mass is 16.6.